The Morgan fingerprint density at radius 3 is 2.87 bits per heavy atom. The third-order valence-electron chi connectivity index (χ3n) is 4.84. The van der Waals surface area contributed by atoms with Crippen LogP contribution in [-0.4, -0.2) is 47.7 Å². The van der Waals surface area contributed by atoms with E-state index in [9.17, 15) is 9.59 Å². The molecule has 5 nitrogen and oxygen atoms in total. The third kappa shape index (κ3) is 3.58. The van der Waals surface area contributed by atoms with Crippen LogP contribution in [0.2, 0.25) is 0 Å². The zero-order chi connectivity index (χ0) is 16.4. The van der Waals surface area contributed by atoms with E-state index in [-0.39, 0.29) is 24.5 Å². The number of carbonyl (C=O) groups is 2. The first-order valence-corrected chi connectivity index (χ1v) is 9.07. The van der Waals surface area contributed by atoms with Gasteiger partial charge in [-0.2, -0.15) is 0 Å². The van der Waals surface area contributed by atoms with Crippen LogP contribution >= 0.6 is 11.3 Å². The van der Waals surface area contributed by atoms with Crippen molar-refractivity contribution < 1.29 is 19.4 Å². The molecule has 1 aliphatic carbocycles. The van der Waals surface area contributed by atoms with Crippen LogP contribution in [0.4, 0.5) is 0 Å². The standard InChI is InChI=1S/C17H23NO4S/c1-22-13-8-12(9-16(19)20)18(10-13)17(21)15-7-11-5-3-2-4-6-14(11)23-15/h7,12-13H,2-6,8-10H2,1H3,(H,19,20). The van der Waals surface area contributed by atoms with Crippen molar-refractivity contribution in [2.75, 3.05) is 13.7 Å². The van der Waals surface area contributed by atoms with Crippen LogP contribution in [0.25, 0.3) is 0 Å². The molecule has 6 heteroatoms. The summed E-state index contributed by atoms with van der Waals surface area (Å²) in [5.74, 6) is -0.902. The van der Waals surface area contributed by atoms with Crippen molar-refractivity contribution in [1.29, 1.82) is 0 Å². The Morgan fingerprint density at radius 1 is 1.35 bits per heavy atom. The van der Waals surface area contributed by atoms with Crippen LogP contribution in [0.5, 0.6) is 0 Å². The molecule has 2 aliphatic rings. The Kier molecular flexibility index (Phi) is 5.02. The van der Waals surface area contributed by atoms with Crippen molar-refractivity contribution in [3.8, 4) is 0 Å². The number of carbonyl (C=O) groups excluding carboxylic acids is 1. The van der Waals surface area contributed by atoms with Crippen molar-refractivity contribution in [2.45, 2.75) is 57.1 Å². The van der Waals surface area contributed by atoms with E-state index < -0.39 is 5.97 Å². The average molecular weight is 337 g/mol. The van der Waals surface area contributed by atoms with Gasteiger partial charge in [0.25, 0.3) is 5.91 Å². The number of likely N-dealkylation sites (tertiary alicyclic amines) is 1. The van der Waals surface area contributed by atoms with Crippen LogP contribution in [0.15, 0.2) is 6.07 Å². The lowest BCUT2D eigenvalue weighted by molar-refractivity contribution is -0.137. The van der Waals surface area contributed by atoms with Gasteiger partial charge in [-0.15, -0.1) is 11.3 Å². The molecule has 0 radical (unpaired) electrons. The van der Waals surface area contributed by atoms with Gasteiger partial charge in [-0.1, -0.05) is 6.42 Å². The number of hydrogen-bond donors (Lipinski definition) is 1. The van der Waals surface area contributed by atoms with Gasteiger partial charge in [0.15, 0.2) is 0 Å². The van der Waals surface area contributed by atoms with Crippen molar-refractivity contribution in [3.05, 3.63) is 21.4 Å². The van der Waals surface area contributed by atoms with Crippen molar-refractivity contribution in [3.63, 3.8) is 0 Å². The second-order valence-electron chi connectivity index (χ2n) is 6.42. The van der Waals surface area contributed by atoms with Gasteiger partial charge in [0, 0.05) is 24.6 Å². The number of aryl methyl sites for hydroxylation is 2. The molecule has 2 atom stereocenters. The summed E-state index contributed by atoms with van der Waals surface area (Å²) in [7, 11) is 1.61. The molecule has 2 unspecified atom stereocenters. The van der Waals surface area contributed by atoms with Crippen molar-refractivity contribution in [1.82, 2.24) is 4.90 Å². The lowest BCUT2D eigenvalue weighted by Gasteiger charge is -2.22. The first-order valence-electron chi connectivity index (χ1n) is 8.25. The number of ether oxygens (including phenoxy) is 1. The van der Waals surface area contributed by atoms with E-state index in [2.05, 4.69) is 0 Å². The fourth-order valence-corrected chi connectivity index (χ4v) is 4.81. The highest BCUT2D eigenvalue weighted by Gasteiger charge is 2.37. The fraction of sp³-hybridized carbons (Fsp3) is 0.647. The van der Waals surface area contributed by atoms with Gasteiger partial charge < -0.3 is 14.7 Å². The van der Waals surface area contributed by atoms with E-state index in [1.807, 2.05) is 6.07 Å². The normalized spacial score (nSPS) is 24.3. The van der Waals surface area contributed by atoms with Gasteiger partial charge in [0.2, 0.25) is 0 Å². The minimum Gasteiger partial charge on any atom is -0.481 e. The molecule has 1 aliphatic heterocycles. The van der Waals surface area contributed by atoms with E-state index in [1.54, 1.807) is 23.3 Å². The Hall–Kier alpha value is -1.40. The fourth-order valence-electron chi connectivity index (χ4n) is 3.60. The highest BCUT2D eigenvalue weighted by Crippen LogP contribution is 2.32. The average Bonchev–Trinajstić information content (AvgIpc) is 3.04. The lowest BCUT2D eigenvalue weighted by Crippen LogP contribution is -2.36. The number of nitrogens with zero attached hydrogens (tertiary/aromatic N) is 1. The molecule has 126 valence electrons. The van der Waals surface area contributed by atoms with E-state index in [0.717, 1.165) is 17.7 Å². The van der Waals surface area contributed by atoms with Gasteiger partial charge in [0.1, 0.15) is 0 Å². The molecule has 0 saturated carbocycles. The topological polar surface area (TPSA) is 66.8 Å². The molecule has 1 amide bonds. The maximum absolute atomic E-state index is 12.9. The zero-order valence-corrected chi connectivity index (χ0v) is 14.2. The van der Waals surface area contributed by atoms with Crippen LogP contribution in [0.1, 0.15) is 52.2 Å². The highest BCUT2D eigenvalue weighted by atomic mass is 32.1. The minimum atomic E-state index is -0.869. The molecule has 1 fully saturated rings. The Bertz CT molecular complexity index is 574. The number of carboxylic acid groups (broad SMARTS) is 1. The van der Waals surface area contributed by atoms with Crippen LogP contribution in [-0.2, 0) is 22.4 Å². The summed E-state index contributed by atoms with van der Waals surface area (Å²) >= 11 is 1.59. The molecule has 1 aromatic rings. The summed E-state index contributed by atoms with van der Waals surface area (Å²) in [4.78, 5) is 27.8. The van der Waals surface area contributed by atoms with Crippen LogP contribution in [0, 0.1) is 0 Å². The first kappa shape index (κ1) is 16.5. The van der Waals surface area contributed by atoms with Gasteiger partial charge in [-0.05, 0) is 43.7 Å². The predicted molar refractivity (Wildman–Crippen MR) is 88.1 cm³/mol. The van der Waals surface area contributed by atoms with Gasteiger partial charge in [0.05, 0.1) is 17.4 Å². The number of thiophene rings is 1. The molecule has 0 spiro atoms. The Morgan fingerprint density at radius 2 is 2.13 bits per heavy atom. The third-order valence-corrected chi connectivity index (χ3v) is 6.06. The largest absolute Gasteiger partial charge is 0.481 e. The zero-order valence-electron chi connectivity index (χ0n) is 13.4. The number of methoxy groups -OCH3 is 1. The highest BCUT2D eigenvalue weighted by molar-refractivity contribution is 7.14. The van der Waals surface area contributed by atoms with E-state index >= 15 is 0 Å². The number of carboxylic acids is 1. The molecule has 0 bridgehead atoms. The smallest absolute Gasteiger partial charge is 0.305 e. The molecule has 1 N–H and O–H groups in total. The van der Waals surface area contributed by atoms with Crippen molar-refractivity contribution >= 4 is 23.2 Å². The molecule has 1 aromatic heterocycles. The van der Waals surface area contributed by atoms with Gasteiger partial charge in [-0.25, -0.2) is 0 Å². The van der Waals surface area contributed by atoms with E-state index in [0.29, 0.717) is 13.0 Å². The monoisotopic (exact) mass is 337 g/mol. The number of fused-ring (bicyclic) bond motifs is 1. The van der Waals surface area contributed by atoms with Crippen LogP contribution < -0.4 is 0 Å². The van der Waals surface area contributed by atoms with Gasteiger partial charge >= 0.3 is 5.97 Å². The number of hydrogen-bond acceptors (Lipinski definition) is 4. The maximum Gasteiger partial charge on any atom is 0.305 e. The van der Waals surface area contributed by atoms with E-state index in [4.69, 9.17) is 9.84 Å². The number of rotatable bonds is 4. The minimum absolute atomic E-state index is 0.0172. The molecule has 23 heavy (non-hydrogen) atoms. The number of aliphatic carboxylic acids is 1. The molecular weight excluding hydrogens is 314 g/mol. The molecule has 3 rings (SSSR count). The molecular formula is C17H23NO4S. The first-order chi connectivity index (χ1) is 11.1. The quantitative estimate of drug-likeness (QED) is 0.858. The van der Waals surface area contributed by atoms with E-state index in [1.165, 1.54) is 29.7 Å². The summed E-state index contributed by atoms with van der Waals surface area (Å²) in [6.45, 7) is 0.482. The number of amides is 1. The summed E-state index contributed by atoms with van der Waals surface area (Å²) in [5.41, 5.74) is 1.31. The predicted octanol–water partition coefficient (Wildman–Crippen LogP) is 2.72. The molecule has 1 saturated heterocycles. The summed E-state index contributed by atoms with van der Waals surface area (Å²) in [5, 5.41) is 9.09. The van der Waals surface area contributed by atoms with Crippen molar-refractivity contribution in [2.24, 2.45) is 0 Å². The Balaban J connectivity index is 1.79. The summed E-state index contributed by atoms with van der Waals surface area (Å²) < 4.78 is 5.35. The van der Waals surface area contributed by atoms with Crippen LogP contribution in [0.3, 0.4) is 0 Å². The summed E-state index contributed by atoms with van der Waals surface area (Å²) in [6.07, 6.45) is 6.27. The van der Waals surface area contributed by atoms with Gasteiger partial charge in [-0.3, -0.25) is 9.59 Å². The second kappa shape index (κ2) is 7.01. The second-order valence-corrected chi connectivity index (χ2v) is 7.56. The molecule has 2 heterocycles. The molecule has 0 aromatic carbocycles. The summed E-state index contributed by atoms with van der Waals surface area (Å²) in [6, 6.07) is 1.76. The Labute approximate surface area is 140 Å². The lowest BCUT2D eigenvalue weighted by atomic mass is 10.1. The SMILES string of the molecule is COC1CC(CC(=O)O)N(C(=O)c2cc3c(s2)CCCCC3)C1. The maximum atomic E-state index is 12.9.